The summed E-state index contributed by atoms with van der Waals surface area (Å²) in [5, 5.41) is 0.765. The zero-order valence-electron chi connectivity index (χ0n) is 12.2. The molecule has 21 heavy (non-hydrogen) atoms. The van der Waals surface area contributed by atoms with Crippen LogP contribution in [-0.4, -0.2) is 15.8 Å². The summed E-state index contributed by atoms with van der Waals surface area (Å²) in [5.41, 5.74) is 2.22. The lowest BCUT2D eigenvalue weighted by Crippen LogP contribution is -2.21. The van der Waals surface area contributed by atoms with Gasteiger partial charge in [0.25, 0.3) is 5.56 Å². The second kappa shape index (κ2) is 5.66. The van der Waals surface area contributed by atoms with Crippen molar-refractivity contribution in [1.82, 2.24) is 9.55 Å². The molecule has 0 aliphatic heterocycles. The van der Waals surface area contributed by atoms with Crippen molar-refractivity contribution in [3.8, 4) is 0 Å². The van der Waals surface area contributed by atoms with E-state index in [-0.39, 0.29) is 5.56 Å². The number of hydrogen-bond donors (Lipinski definition) is 0. The summed E-state index contributed by atoms with van der Waals surface area (Å²) in [6.45, 7) is 4.59. The Hall–Kier alpha value is -1.59. The largest absolute Gasteiger partial charge is 0.294 e. The van der Waals surface area contributed by atoms with Crippen LogP contribution in [-0.2, 0) is 6.54 Å². The summed E-state index contributed by atoms with van der Waals surface area (Å²) in [6, 6.07) is 8.29. The first kappa shape index (κ1) is 14.4. The number of nitrogens with zero attached hydrogens (tertiary/aromatic N) is 2. The van der Waals surface area contributed by atoms with Crippen molar-refractivity contribution in [2.45, 2.75) is 25.3 Å². The monoisotopic (exact) mass is 316 g/mol. The standard InChI is InChI=1S/C16H16N2OS2/c1-10-11(2)21-15-14(10)16(19)18(9-17-15)8-12-4-6-13(20-3)7-5-12/h4-7,9H,8H2,1-3H3. The second-order valence-corrected chi connectivity index (χ2v) is 7.07. The van der Waals surface area contributed by atoms with Crippen LogP contribution in [0.3, 0.4) is 0 Å². The van der Waals surface area contributed by atoms with E-state index in [9.17, 15) is 4.79 Å². The van der Waals surface area contributed by atoms with Crippen molar-refractivity contribution in [3.63, 3.8) is 0 Å². The number of thioether (sulfide) groups is 1. The minimum absolute atomic E-state index is 0.0517. The van der Waals surface area contributed by atoms with Gasteiger partial charge in [-0.1, -0.05) is 12.1 Å². The summed E-state index contributed by atoms with van der Waals surface area (Å²) in [5.74, 6) is 0. The van der Waals surface area contributed by atoms with Crippen LogP contribution in [0.4, 0.5) is 0 Å². The highest BCUT2D eigenvalue weighted by Crippen LogP contribution is 2.25. The second-order valence-electron chi connectivity index (χ2n) is 4.99. The minimum atomic E-state index is 0.0517. The Labute approximate surface area is 131 Å². The highest BCUT2D eigenvalue weighted by atomic mass is 32.2. The Balaban J connectivity index is 2.02. The highest BCUT2D eigenvalue weighted by Gasteiger charge is 2.12. The van der Waals surface area contributed by atoms with Gasteiger partial charge < -0.3 is 0 Å². The van der Waals surface area contributed by atoms with E-state index in [1.165, 1.54) is 4.90 Å². The van der Waals surface area contributed by atoms with Crippen molar-refractivity contribution in [1.29, 1.82) is 0 Å². The molecule has 0 atom stereocenters. The van der Waals surface area contributed by atoms with E-state index < -0.39 is 0 Å². The van der Waals surface area contributed by atoms with Gasteiger partial charge in [-0.3, -0.25) is 9.36 Å². The molecule has 0 amide bonds. The van der Waals surface area contributed by atoms with Gasteiger partial charge in [0.1, 0.15) is 4.83 Å². The zero-order valence-corrected chi connectivity index (χ0v) is 13.8. The molecule has 3 nitrogen and oxygen atoms in total. The fourth-order valence-corrected chi connectivity index (χ4v) is 3.71. The first-order valence-electron chi connectivity index (χ1n) is 6.68. The lowest BCUT2D eigenvalue weighted by Gasteiger charge is -2.06. The third-order valence-corrected chi connectivity index (χ3v) is 5.53. The van der Waals surface area contributed by atoms with E-state index in [0.29, 0.717) is 6.54 Å². The van der Waals surface area contributed by atoms with E-state index in [0.717, 1.165) is 26.2 Å². The molecular formula is C16H16N2OS2. The van der Waals surface area contributed by atoms with Gasteiger partial charge in [0.15, 0.2) is 0 Å². The number of fused-ring (bicyclic) bond motifs is 1. The molecule has 0 saturated heterocycles. The van der Waals surface area contributed by atoms with Crippen molar-refractivity contribution in [3.05, 3.63) is 57.0 Å². The number of benzene rings is 1. The van der Waals surface area contributed by atoms with Gasteiger partial charge in [-0.25, -0.2) is 4.98 Å². The maximum absolute atomic E-state index is 12.6. The molecule has 3 aromatic rings. The molecule has 3 rings (SSSR count). The summed E-state index contributed by atoms with van der Waals surface area (Å²) < 4.78 is 1.69. The van der Waals surface area contributed by atoms with Crippen LogP contribution in [0, 0.1) is 13.8 Å². The Morgan fingerprint density at radius 1 is 1.24 bits per heavy atom. The van der Waals surface area contributed by atoms with Crippen LogP contribution in [0.5, 0.6) is 0 Å². The van der Waals surface area contributed by atoms with Gasteiger partial charge in [-0.15, -0.1) is 23.1 Å². The van der Waals surface area contributed by atoms with E-state index >= 15 is 0 Å². The molecule has 5 heteroatoms. The van der Waals surface area contributed by atoms with Gasteiger partial charge in [0, 0.05) is 9.77 Å². The first-order chi connectivity index (χ1) is 10.1. The zero-order chi connectivity index (χ0) is 15.0. The number of aryl methyl sites for hydroxylation is 2. The average molecular weight is 316 g/mol. The van der Waals surface area contributed by atoms with Crippen molar-refractivity contribution in [2.75, 3.05) is 6.26 Å². The molecule has 0 fully saturated rings. The fourth-order valence-electron chi connectivity index (χ4n) is 2.31. The van der Waals surface area contributed by atoms with Gasteiger partial charge in [-0.2, -0.15) is 0 Å². The molecule has 2 aromatic heterocycles. The fraction of sp³-hybridized carbons (Fsp3) is 0.250. The van der Waals surface area contributed by atoms with Crippen LogP contribution in [0.1, 0.15) is 16.0 Å². The Morgan fingerprint density at radius 2 is 1.95 bits per heavy atom. The summed E-state index contributed by atoms with van der Waals surface area (Å²) in [4.78, 5) is 20.3. The van der Waals surface area contributed by atoms with Crippen LogP contribution < -0.4 is 5.56 Å². The van der Waals surface area contributed by atoms with Crippen LogP contribution >= 0.6 is 23.1 Å². The molecular weight excluding hydrogens is 300 g/mol. The first-order valence-corrected chi connectivity index (χ1v) is 8.72. The molecule has 0 aliphatic carbocycles. The number of aromatic nitrogens is 2. The third kappa shape index (κ3) is 2.63. The van der Waals surface area contributed by atoms with Crippen molar-refractivity contribution >= 4 is 33.3 Å². The quantitative estimate of drug-likeness (QED) is 0.689. The average Bonchev–Trinajstić information content (AvgIpc) is 2.79. The van der Waals surface area contributed by atoms with Gasteiger partial charge in [0.05, 0.1) is 18.3 Å². The van der Waals surface area contributed by atoms with Crippen LogP contribution in [0.15, 0.2) is 40.3 Å². The van der Waals surface area contributed by atoms with Crippen LogP contribution in [0.25, 0.3) is 10.2 Å². The molecule has 0 unspecified atom stereocenters. The van der Waals surface area contributed by atoms with E-state index in [1.807, 2.05) is 13.8 Å². The summed E-state index contributed by atoms with van der Waals surface area (Å²) in [6.07, 6.45) is 3.71. The predicted molar refractivity (Wildman–Crippen MR) is 90.7 cm³/mol. The molecule has 0 N–H and O–H groups in total. The molecule has 0 spiro atoms. The molecule has 0 radical (unpaired) electrons. The summed E-state index contributed by atoms with van der Waals surface area (Å²) >= 11 is 3.30. The Morgan fingerprint density at radius 3 is 2.62 bits per heavy atom. The minimum Gasteiger partial charge on any atom is -0.294 e. The Kier molecular flexibility index (Phi) is 3.87. The predicted octanol–water partition coefficient (Wildman–Crippen LogP) is 3.85. The number of thiophene rings is 1. The maximum atomic E-state index is 12.6. The highest BCUT2D eigenvalue weighted by molar-refractivity contribution is 7.98. The molecule has 0 aliphatic rings. The van der Waals surface area contributed by atoms with E-state index in [1.54, 1.807) is 34.0 Å². The van der Waals surface area contributed by atoms with Gasteiger partial charge >= 0.3 is 0 Å². The molecule has 108 valence electrons. The molecule has 0 bridgehead atoms. The normalized spacial score (nSPS) is 11.2. The number of rotatable bonds is 3. The SMILES string of the molecule is CSc1ccc(Cn2cnc3sc(C)c(C)c3c2=O)cc1. The number of hydrogen-bond acceptors (Lipinski definition) is 4. The smallest absolute Gasteiger partial charge is 0.262 e. The molecule has 0 saturated carbocycles. The van der Waals surface area contributed by atoms with Crippen molar-refractivity contribution < 1.29 is 0 Å². The van der Waals surface area contributed by atoms with Crippen LogP contribution in [0.2, 0.25) is 0 Å². The van der Waals surface area contributed by atoms with Crippen molar-refractivity contribution in [2.24, 2.45) is 0 Å². The summed E-state index contributed by atoms with van der Waals surface area (Å²) in [7, 11) is 0. The topological polar surface area (TPSA) is 34.9 Å². The van der Waals surface area contributed by atoms with Gasteiger partial charge in [0.2, 0.25) is 0 Å². The molecule has 2 heterocycles. The third-order valence-electron chi connectivity index (χ3n) is 3.67. The molecule has 1 aromatic carbocycles. The maximum Gasteiger partial charge on any atom is 0.262 e. The lowest BCUT2D eigenvalue weighted by atomic mass is 10.2. The van der Waals surface area contributed by atoms with Gasteiger partial charge in [-0.05, 0) is 43.4 Å². The van der Waals surface area contributed by atoms with E-state index in [2.05, 4.69) is 35.5 Å². The lowest BCUT2D eigenvalue weighted by molar-refractivity contribution is 0.748. The van der Waals surface area contributed by atoms with E-state index in [4.69, 9.17) is 0 Å². The Bertz CT molecular complexity index is 847.